The number of fused-ring (bicyclic) bond motifs is 1. The summed E-state index contributed by atoms with van der Waals surface area (Å²) >= 11 is 0.965. The van der Waals surface area contributed by atoms with Crippen LogP contribution >= 0.6 is 11.3 Å². The first kappa shape index (κ1) is 21.7. The highest BCUT2D eigenvalue weighted by molar-refractivity contribution is 7.93. The lowest BCUT2D eigenvalue weighted by Gasteiger charge is -2.14. The van der Waals surface area contributed by atoms with Crippen molar-refractivity contribution >= 4 is 33.0 Å². The van der Waals surface area contributed by atoms with E-state index in [2.05, 4.69) is 14.7 Å². The lowest BCUT2D eigenvalue weighted by atomic mass is 10.0. The molecule has 29 heavy (non-hydrogen) atoms. The van der Waals surface area contributed by atoms with Crippen LogP contribution in [0.2, 0.25) is 0 Å². The molecular formula is C17H19F3N4O3S2. The first-order valence-corrected chi connectivity index (χ1v) is 11.0. The Balaban J connectivity index is 1.91. The van der Waals surface area contributed by atoms with Crippen LogP contribution in [0.3, 0.4) is 0 Å². The van der Waals surface area contributed by atoms with Crippen molar-refractivity contribution in [1.82, 2.24) is 4.98 Å². The van der Waals surface area contributed by atoms with Crippen LogP contribution in [0, 0.1) is 0 Å². The number of nitrogens with zero attached hydrogens (tertiary/aromatic N) is 2. The van der Waals surface area contributed by atoms with Gasteiger partial charge in [-0.05, 0) is 61.7 Å². The fraction of sp³-hybridized carbons (Fsp3) is 0.412. The molecular weight excluding hydrogens is 429 g/mol. The maximum Gasteiger partial charge on any atom is 0.433 e. The molecule has 0 bridgehead atoms. The van der Waals surface area contributed by atoms with Gasteiger partial charge in [-0.2, -0.15) is 13.2 Å². The van der Waals surface area contributed by atoms with E-state index in [-0.39, 0.29) is 15.6 Å². The quantitative estimate of drug-likeness (QED) is 0.662. The molecule has 3 rings (SSSR count). The number of nitrogens with one attached hydrogen (secondary N) is 1. The summed E-state index contributed by atoms with van der Waals surface area (Å²) in [5.74, 6) is 0. The van der Waals surface area contributed by atoms with Crippen molar-refractivity contribution < 1.29 is 27.3 Å². The smallest absolute Gasteiger partial charge is 0.386 e. The third-order valence-electron chi connectivity index (χ3n) is 4.37. The number of aliphatic hydroxyl groups is 1. The van der Waals surface area contributed by atoms with E-state index in [0.717, 1.165) is 17.4 Å². The highest BCUT2D eigenvalue weighted by Crippen LogP contribution is 2.35. The van der Waals surface area contributed by atoms with Crippen molar-refractivity contribution in [3.8, 4) is 0 Å². The second-order valence-corrected chi connectivity index (χ2v) is 10.1. The normalized spacial score (nSPS) is 16.2. The van der Waals surface area contributed by atoms with Gasteiger partial charge in [0, 0.05) is 11.4 Å². The number of carbonyl (C=O) groups excluding carboxylic acids is 1. The molecule has 0 saturated heterocycles. The number of hydrogen-bond acceptors (Lipinski definition) is 5. The van der Waals surface area contributed by atoms with Gasteiger partial charge >= 0.3 is 12.2 Å². The number of halogens is 3. The van der Waals surface area contributed by atoms with Gasteiger partial charge in [-0.3, -0.25) is 0 Å². The number of alkyl halides is 3. The summed E-state index contributed by atoms with van der Waals surface area (Å²) in [7, 11) is -3.64. The van der Waals surface area contributed by atoms with E-state index in [0.29, 0.717) is 30.4 Å². The van der Waals surface area contributed by atoms with Gasteiger partial charge in [0.1, 0.15) is 9.90 Å². The molecule has 7 nitrogen and oxygen atoms in total. The van der Waals surface area contributed by atoms with E-state index >= 15 is 0 Å². The average Bonchev–Trinajstić information content (AvgIpc) is 3.22. The number of amides is 2. The van der Waals surface area contributed by atoms with Crippen LogP contribution in [0.1, 0.15) is 42.8 Å². The molecule has 2 aromatic heterocycles. The minimum atomic E-state index is -4.67. The van der Waals surface area contributed by atoms with Crippen molar-refractivity contribution in [2.24, 2.45) is 9.50 Å². The third kappa shape index (κ3) is 4.77. The maximum absolute atomic E-state index is 13.1. The molecule has 0 spiro atoms. The molecule has 2 amide bonds. The number of aryl methyl sites for hydroxylation is 1. The third-order valence-corrected chi connectivity index (χ3v) is 7.23. The largest absolute Gasteiger partial charge is 0.433 e. The number of hydrogen-bond donors (Lipinski definition) is 3. The molecule has 0 unspecified atom stereocenters. The zero-order valence-corrected chi connectivity index (χ0v) is 17.2. The van der Waals surface area contributed by atoms with Crippen molar-refractivity contribution in [2.75, 3.05) is 5.32 Å². The number of anilines is 1. The summed E-state index contributed by atoms with van der Waals surface area (Å²) in [5, 5.41) is 19.5. The van der Waals surface area contributed by atoms with E-state index < -0.39 is 33.4 Å². The van der Waals surface area contributed by atoms with Gasteiger partial charge in [0.05, 0.1) is 5.60 Å². The van der Waals surface area contributed by atoms with Gasteiger partial charge in [0.2, 0.25) is 0 Å². The van der Waals surface area contributed by atoms with Gasteiger partial charge in [-0.1, -0.05) is 0 Å². The lowest BCUT2D eigenvalue weighted by molar-refractivity contribution is -0.141. The Bertz CT molecular complexity index is 1080. The molecule has 2 heterocycles. The number of nitrogens with two attached hydrogens (primary N) is 1. The van der Waals surface area contributed by atoms with Gasteiger partial charge in [0.15, 0.2) is 9.92 Å². The summed E-state index contributed by atoms with van der Waals surface area (Å²) in [6.45, 7) is 3.06. The Morgan fingerprint density at radius 2 is 2.03 bits per heavy atom. The number of aromatic nitrogens is 1. The Morgan fingerprint density at radius 1 is 1.34 bits per heavy atom. The highest BCUT2D eigenvalue weighted by Gasteiger charge is 2.35. The van der Waals surface area contributed by atoms with Crippen LogP contribution in [-0.2, 0) is 34.5 Å². The number of carbonyl (C=O) groups is 1. The number of pyridine rings is 1. The Hall–Kier alpha value is -2.02. The maximum atomic E-state index is 13.1. The Kier molecular flexibility index (Phi) is 5.49. The van der Waals surface area contributed by atoms with Gasteiger partial charge in [-0.25, -0.2) is 19.1 Å². The van der Waals surface area contributed by atoms with Gasteiger partial charge < -0.3 is 10.4 Å². The first-order chi connectivity index (χ1) is 13.3. The molecule has 1 aliphatic rings. The second-order valence-electron chi connectivity index (χ2n) is 7.14. The summed E-state index contributed by atoms with van der Waals surface area (Å²) in [4.78, 5) is 15.9. The topological polar surface area (TPSA) is 118 Å². The van der Waals surface area contributed by atoms with Crippen LogP contribution in [0.4, 0.5) is 23.7 Å². The number of thiophene rings is 1. The first-order valence-electron chi connectivity index (χ1n) is 8.54. The van der Waals surface area contributed by atoms with Crippen molar-refractivity contribution in [3.63, 3.8) is 0 Å². The number of urea groups is 1. The van der Waals surface area contributed by atoms with Crippen molar-refractivity contribution in [2.45, 2.75) is 49.1 Å². The molecule has 1 aliphatic carbocycles. The van der Waals surface area contributed by atoms with E-state index in [4.69, 9.17) is 5.14 Å². The molecule has 12 heteroatoms. The van der Waals surface area contributed by atoms with Crippen LogP contribution in [0.5, 0.6) is 0 Å². The van der Waals surface area contributed by atoms with Crippen LogP contribution in [0.15, 0.2) is 26.1 Å². The Labute approximate surface area is 169 Å². The molecule has 158 valence electrons. The minimum Gasteiger partial charge on any atom is -0.386 e. The van der Waals surface area contributed by atoms with Crippen molar-refractivity contribution in [1.29, 1.82) is 0 Å². The summed E-state index contributed by atoms with van der Waals surface area (Å²) in [6, 6.07) is 1.01. The fourth-order valence-corrected chi connectivity index (χ4v) is 5.18. The molecule has 1 atom stereocenters. The monoisotopic (exact) mass is 448 g/mol. The average molecular weight is 448 g/mol. The molecule has 0 saturated carbocycles. The predicted octanol–water partition coefficient (Wildman–Crippen LogP) is 3.81. The summed E-state index contributed by atoms with van der Waals surface area (Å²) in [6.07, 6.45) is -3.21. The highest BCUT2D eigenvalue weighted by atomic mass is 32.2. The molecule has 0 radical (unpaired) electrons. The van der Waals surface area contributed by atoms with Crippen molar-refractivity contribution in [3.05, 3.63) is 40.0 Å². The van der Waals surface area contributed by atoms with Crippen LogP contribution < -0.4 is 10.5 Å². The summed E-state index contributed by atoms with van der Waals surface area (Å²) < 4.78 is 55.5. The van der Waals surface area contributed by atoms with Crippen LogP contribution in [0.25, 0.3) is 0 Å². The molecule has 4 N–H and O–H groups in total. The van der Waals surface area contributed by atoms with E-state index in [1.807, 2.05) is 0 Å². The fourth-order valence-electron chi connectivity index (χ4n) is 2.90. The molecule has 0 aliphatic heterocycles. The van der Waals surface area contributed by atoms with E-state index in [1.165, 1.54) is 19.9 Å². The lowest BCUT2D eigenvalue weighted by Crippen LogP contribution is -2.19. The Morgan fingerprint density at radius 3 is 2.62 bits per heavy atom. The second kappa shape index (κ2) is 7.35. The van der Waals surface area contributed by atoms with Gasteiger partial charge in [-0.15, -0.1) is 15.7 Å². The van der Waals surface area contributed by atoms with E-state index in [9.17, 15) is 27.3 Å². The van der Waals surface area contributed by atoms with Gasteiger partial charge in [0.25, 0.3) is 0 Å². The predicted molar refractivity (Wildman–Crippen MR) is 103 cm³/mol. The van der Waals surface area contributed by atoms with Crippen LogP contribution in [-0.4, -0.2) is 20.3 Å². The number of rotatable bonds is 3. The zero-order chi connectivity index (χ0) is 21.6. The minimum absolute atomic E-state index is 0.0628. The SMILES string of the molecule is CC(C)(O)c1csc([S@](N)(=O)=NC(=O)Nc2cc(C(F)(F)F)nc3c2CCC3)c1. The molecule has 0 fully saturated rings. The van der Waals surface area contributed by atoms with E-state index in [1.54, 1.807) is 5.38 Å². The molecule has 2 aromatic rings. The summed E-state index contributed by atoms with van der Waals surface area (Å²) in [5.41, 5.74) is -1.14. The molecule has 0 aromatic carbocycles. The standard InChI is InChI=1S/C17H19F3N4O3S2/c1-16(2,26)9-6-14(28-8-9)29(21,27)24-15(25)23-12-7-13(17(18,19)20)22-11-5-3-4-10(11)12/h6-8,26H,3-5H2,1-2H3,(H3,21,22,23,24,25,27)/t29-/m1/s1. The zero-order valence-electron chi connectivity index (χ0n) is 15.5.